The van der Waals surface area contributed by atoms with E-state index in [0.717, 1.165) is 44.2 Å². The van der Waals surface area contributed by atoms with Crippen molar-refractivity contribution in [3.8, 4) is 0 Å². The summed E-state index contributed by atoms with van der Waals surface area (Å²) < 4.78 is 28.5. The summed E-state index contributed by atoms with van der Waals surface area (Å²) in [6.45, 7) is 3.31. The van der Waals surface area contributed by atoms with E-state index < -0.39 is 10.0 Å². The van der Waals surface area contributed by atoms with Crippen LogP contribution in [0.4, 0.5) is 11.5 Å². The molecule has 2 heterocycles. The summed E-state index contributed by atoms with van der Waals surface area (Å²) in [6.07, 6.45) is 6.33. The van der Waals surface area contributed by atoms with Crippen molar-refractivity contribution in [1.82, 2.24) is 10.3 Å². The first-order chi connectivity index (χ1) is 14.5. The second kappa shape index (κ2) is 8.63. The third-order valence-electron chi connectivity index (χ3n) is 5.69. The van der Waals surface area contributed by atoms with Crippen molar-refractivity contribution in [2.75, 3.05) is 22.7 Å². The number of hydrogen-bond acceptors (Lipinski definition) is 5. The van der Waals surface area contributed by atoms with Gasteiger partial charge in [-0.3, -0.25) is 9.52 Å². The molecule has 1 saturated heterocycles. The zero-order valence-corrected chi connectivity index (χ0v) is 18.0. The molecule has 1 unspecified atom stereocenters. The average Bonchev–Trinajstić information content (AvgIpc) is 3.58. The van der Waals surface area contributed by atoms with E-state index in [-0.39, 0.29) is 16.7 Å². The Kier molecular flexibility index (Phi) is 5.94. The van der Waals surface area contributed by atoms with Gasteiger partial charge >= 0.3 is 0 Å². The third kappa shape index (κ3) is 4.75. The second-order valence-electron chi connectivity index (χ2n) is 8.05. The zero-order valence-electron chi connectivity index (χ0n) is 17.2. The van der Waals surface area contributed by atoms with Crippen molar-refractivity contribution in [3.63, 3.8) is 0 Å². The molecule has 1 saturated carbocycles. The van der Waals surface area contributed by atoms with Gasteiger partial charge in [0.05, 0.1) is 16.5 Å². The number of hydrogen-bond donors (Lipinski definition) is 2. The molecule has 1 aromatic carbocycles. The van der Waals surface area contributed by atoms with Crippen LogP contribution >= 0.6 is 0 Å². The monoisotopic (exact) mass is 428 g/mol. The Balaban J connectivity index is 1.52. The lowest BCUT2D eigenvalue weighted by Gasteiger charge is -2.34. The fourth-order valence-corrected chi connectivity index (χ4v) is 4.83. The number of pyridine rings is 1. The van der Waals surface area contributed by atoms with Gasteiger partial charge in [0.25, 0.3) is 10.0 Å². The maximum Gasteiger partial charge on any atom is 0.262 e. The lowest BCUT2D eigenvalue weighted by atomic mass is 9.97. The van der Waals surface area contributed by atoms with E-state index in [9.17, 15) is 13.2 Å². The van der Waals surface area contributed by atoms with Gasteiger partial charge in [-0.1, -0.05) is 19.1 Å². The summed E-state index contributed by atoms with van der Waals surface area (Å²) >= 11 is 0. The number of carbonyl (C=O) groups excluding carboxylic acids is 1. The van der Waals surface area contributed by atoms with Crippen LogP contribution in [0, 0.1) is 5.92 Å². The van der Waals surface area contributed by atoms with E-state index in [2.05, 4.69) is 15.0 Å². The number of amides is 1. The van der Waals surface area contributed by atoms with Gasteiger partial charge in [0.2, 0.25) is 5.91 Å². The number of nitrogens with zero attached hydrogens (tertiary/aromatic N) is 2. The van der Waals surface area contributed by atoms with Crippen molar-refractivity contribution in [1.29, 1.82) is 0 Å². The summed E-state index contributed by atoms with van der Waals surface area (Å²) in [7, 11) is -3.73. The molecule has 2 N–H and O–H groups in total. The van der Waals surface area contributed by atoms with Gasteiger partial charge in [0.1, 0.15) is 0 Å². The Morgan fingerprint density at radius 2 is 1.93 bits per heavy atom. The Hall–Kier alpha value is -2.61. The van der Waals surface area contributed by atoms with Gasteiger partial charge < -0.3 is 10.2 Å². The Morgan fingerprint density at radius 3 is 2.63 bits per heavy atom. The molecular weight excluding hydrogens is 400 g/mol. The van der Waals surface area contributed by atoms with E-state index in [1.165, 1.54) is 0 Å². The average molecular weight is 429 g/mol. The summed E-state index contributed by atoms with van der Waals surface area (Å²) in [5.74, 6) is 0.554. The highest BCUT2D eigenvalue weighted by Crippen LogP contribution is 2.30. The number of benzene rings is 1. The molecule has 4 rings (SSSR count). The minimum atomic E-state index is -3.73. The molecule has 2 aromatic rings. The molecule has 1 atom stereocenters. The number of anilines is 2. The fourth-order valence-electron chi connectivity index (χ4n) is 3.77. The SMILES string of the molecule is CCc1ccc(S(=O)(=O)Nc2cccnc2N2CCCC(C(=O)NC3CC3)C2)cc1. The molecule has 0 radical (unpaired) electrons. The number of aromatic nitrogens is 1. The molecule has 1 aliphatic carbocycles. The molecule has 7 nitrogen and oxygen atoms in total. The first kappa shape index (κ1) is 20.7. The van der Waals surface area contributed by atoms with Crippen LogP contribution in [0.2, 0.25) is 0 Å². The van der Waals surface area contributed by atoms with Crippen LogP contribution < -0.4 is 14.9 Å². The third-order valence-corrected chi connectivity index (χ3v) is 7.07. The van der Waals surface area contributed by atoms with Crippen molar-refractivity contribution in [3.05, 3.63) is 48.2 Å². The zero-order chi connectivity index (χ0) is 21.1. The Bertz CT molecular complexity index is 1000. The summed E-state index contributed by atoms with van der Waals surface area (Å²) in [5, 5.41) is 3.08. The minimum absolute atomic E-state index is 0.0938. The lowest BCUT2D eigenvalue weighted by molar-refractivity contribution is -0.125. The molecule has 1 aromatic heterocycles. The van der Waals surface area contributed by atoms with Gasteiger partial charge in [-0.2, -0.15) is 0 Å². The van der Waals surface area contributed by atoms with Crippen LogP contribution in [0.15, 0.2) is 47.5 Å². The minimum Gasteiger partial charge on any atom is -0.354 e. The topological polar surface area (TPSA) is 91.4 Å². The van der Waals surface area contributed by atoms with E-state index >= 15 is 0 Å². The van der Waals surface area contributed by atoms with Crippen molar-refractivity contribution < 1.29 is 13.2 Å². The first-order valence-corrected chi connectivity index (χ1v) is 12.1. The van der Waals surface area contributed by atoms with Crippen LogP contribution in [0.5, 0.6) is 0 Å². The quantitative estimate of drug-likeness (QED) is 0.708. The van der Waals surface area contributed by atoms with Gasteiger partial charge in [0, 0.05) is 25.3 Å². The van der Waals surface area contributed by atoms with Crippen molar-refractivity contribution in [2.45, 2.75) is 50.0 Å². The first-order valence-electron chi connectivity index (χ1n) is 10.6. The van der Waals surface area contributed by atoms with E-state index in [4.69, 9.17) is 0 Å². The predicted molar refractivity (Wildman–Crippen MR) is 117 cm³/mol. The van der Waals surface area contributed by atoms with Crippen LogP contribution in [-0.2, 0) is 21.2 Å². The second-order valence-corrected chi connectivity index (χ2v) is 9.73. The van der Waals surface area contributed by atoms with E-state index in [1.54, 1.807) is 30.5 Å². The standard InChI is InChI=1S/C22H28N4O3S/c1-2-16-7-11-19(12-8-16)30(28,29)25-20-6-3-13-23-21(20)26-14-4-5-17(15-26)22(27)24-18-9-10-18/h3,6-8,11-13,17-18,25H,2,4-5,9-10,14-15H2,1H3,(H,24,27). The van der Waals surface area contributed by atoms with Crippen LogP contribution in [0.1, 0.15) is 38.2 Å². The molecule has 1 amide bonds. The van der Waals surface area contributed by atoms with Crippen LogP contribution in [0.3, 0.4) is 0 Å². The summed E-state index contributed by atoms with van der Waals surface area (Å²) in [4.78, 5) is 19.2. The maximum absolute atomic E-state index is 12.9. The van der Waals surface area contributed by atoms with Gasteiger partial charge in [-0.15, -0.1) is 0 Å². The highest BCUT2D eigenvalue weighted by atomic mass is 32.2. The molecule has 30 heavy (non-hydrogen) atoms. The number of aryl methyl sites for hydroxylation is 1. The smallest absolute Gasteiger partial charge is 0.262 e. The highest BCUT2D eigenvalue weighted by molar-refractivity contribution is 7.92. The van der Waals surface area contributed by atoms with Gasteiger partial charge in [0.15, 0.2) is 5.82 Å². The number of carbonyl (C=O) groups is 1. The normalized spacial score (nSPS) is 19.4. The molecule has 160 valence electrons. The van der Waals surface area contributed by atoms with Crippen molar-refractivity contribution >= 4 is 27.4 Å². The molecule has 0 bridgehead atoms. The van der Waals surface area contributed by atoms with Gasteiger partial charge in [-0.25, -0.2) is 13.4 Å². The van der Waals surface area contributed by atoms with Crippen LogP contribution in [-0.4, -0.2) is 38.4 Å². The number of sulfonamides is 1. The molecule has 8 heteroatoms. The Labute approximate surface area is 177 Å². The van der Waals surface area contributed by atoms with Crippen molar-refractivity contribution in [2.24, 2.45) is 5.92 Å². The number of rotatable bonds is 7. The fraction of sp³-hybridized carbons (Fsp3) is 0.455. The van der Waals surface area contributed by atoms with E-state index in [1.807, 2.05) is 24.0 Å². The molecular formula is C22H28N4O3S. The number of piperidine rings is 1. The van der Waals surface area contributed by atoms with Crippen LogP contribution in [0.25, 0.3) is 0 Å². The lowest BCUT2D eigenvalue weighted by Crippen LogP contribution is -2.44. The predicted octanol–water partition coefficient (Wildman–Crippen LogP) is 2.94. The maximum atomic E-state index is 12.9. The Morgan fingerprint density at radius 1 is 1.17 bits per heavy atom. The molecule has 2 fully saturated rings. The largest absolute Gasteiger partial charge is 0.354 e. The molecule has 2 aliphatic rings. The summed E-state index contributed by atoms with van der Waals surface area (Å²) in [6, 6.07) is 10.7. The highest BCUT2D eigenvalue weighted by Gasteiger charge is 2.31. The summed E-state index contributed by atoms with van der Waals surface area (Å²) in [5.41, 5.74) is 1.51. The molecule has 1 aliphatic heterocycles. The molecule has 0 spiro atoms. The van der Waals surface area contributed by atoms with Gasteiger partial charge in [-0.05, 0) is 61.9 Å². The number of nitrogens with one attached hydrogen (secondary N) is 2. The van der Waals surface area contributed by atoms with E-state index in [0.29, 0.717) is 24.1 Å².